The summed E-state index contributed by atoms with van der Waals surface area (Å²) in [6.07, 6.45) is 1.88. The number of aryl methyl sites for hydroxylation is 1. The highest BCUT2D eigenvalue weighted by Crippen LogP contribution is 2.21. The van der Waals surface area contributed by atoms with E-state index >= 15 is 0 Å². The van der Waals surface area contributed by atoms with E-state index in [0.717, 1.165) is 25.0 Å². The van der Waals surface area contributed by atoms with Crippen LogP contribution in [0, 0.1) is 18.6 Å². The van der Waals surface area contributed by atoms with Gasteiger partial charge in [0.1, 0.15) is 11.6 Å². The minimum Gasteiger partial charge on any atom is -0.379 e. The second-order valence-electron chi connectivity index (χ2n) is 4.62. The van der Waals surface area contributed by atoms with E-state index in [4.69, 9.17) is 0 Å². The van der Waals surface area contributed by atoms with E-state index < -0.39 is 11.6 Å². The van der Waals surface area contributed by atoms with Crippen molar-refractivity contribution in [2.24, 2.45) is 0 Å². The number of hydrogen-bond acceptors (Lipinski definition) is 2. The van der Waals surface area contributed by atoms with Gasteiger partial charge in [-0.15, -0.1) is 0 Å². The first-order valence-corrected chi connectivity index (χ1v) is 6.05. The second kappa shape index (κ2) is 5.33. The molecule has 1 aliphatic rings. The molecule has 0 radical (unpaired) electrons. The molecule has 0 aromatic heterocycles. The standard InChI is InChI=1S/C13H16F2N2O/c1-8-5-11(15)12(7-10(8)14)17-9-3-2-4-16-13(18)6-9/h5,7,9,17H,2-4,6H2,1H3,(H,16,18). The highest BCUT2D eigenvalue weighted by atomic mass is 19.1. The monoisotopic (exact) mass is 254 g/mol. The number of halogens is 2. The van der Waals surface area contributed by atoms with E-state index in [1.54, 1.807) is 0 Å². The van der Waals surface area contributed by atoms with Gasteiger partial charge in [0.25, 0.3) is 0 Å². The molecule has 18 heavy (non-hydrogen) atoms. The Morgan fingerprint density at radius 3 is 2.89 bits per heavy atom. The predicted molar refractivity (Wildman–Crippen MR) is 65.4 cm³/mol. The maximum atomic E-state index is 13.7. The molecule has 1 aliphatic heterocycles. The number of hydrogen-bond donors (Lipinski definition) is 2. The van der Waals surface area contributed by atoms with Crippen LogP contribution in [-0.4, -0.2) is 18.5 Å². The number of benzene rings is 1. The van der Waals surface area contributed by atoms with E-state index in [-0.39, 0.29) is 29.6 Å². The lowest BCUT2D eigenvalue weighted by atomic mass is 10.1. The van der Waals surface area contributed by atoms with Crippen molar-refractivity contribution in [3.63, 3.8) is 0 Å². The van der Waals surface area contributed by atoms with Crippen LogP contribution in [0.25, 0.3) is 0 Å². The van der Waals surface area contributed by atoms with Gasteiger partial charge in [-0.25, -0.2) is 8.78 Å². The first-order chi connectivity index (χ1) is 8.56. The highest BCUT2D eigenvalue weighted by molar-refractivity contribution is 5.77. The molecule has 1 saturated heterocycles. The Kier molecular flexibility index (Phi) is 3.79. The number of nitrogens with one attached hydrogen (secondary N) is 2. The van der Waals surface area contributed by atoms with Gasteiger partial charge in [-0.05, 0) is 31.4 Å². The third kappa shape index (κ3) is 2.97. The van der Waals surface area contributed by atoms with E-state index in [0.29, 0.717) is 6.54 Å². The van der Waals surface area contributed by atoms with E-state index in [1.807, 2.05) is 0 Å². The predicted octanol–water partition coefficient (Wildman–Crippen LogP) is 2.35. The lowest BCUT2D eigenvalue weighted by molar-refractivity contribution is -0.120. The van der Waals surface area contributed by atoms with Crippen LogP contribution in [0.5, 0.6) is 0 Å². The van der Waals surface area contributed by atoms with Gasteiger partial charge in [0.05, 0.1) is 5.69 Å². The van der Waals surface area contributed by atoms with Crippen molar-refractivity contribution in [3.8, 4) is 0 Å². The van der Waals surface area contributed by atoms with E-state index in [2.05, 4.69) is 10.6 Å². The summed E-state index contributed by atoms with van der Waals surface area (Å²) in [5.74, 6) is -0.992. The molecule has 98 valence electrons. The molecule has 1 aromatic rings. The van der Waals surface area contributed by atoms with Crippen molar-refractivity contribution < 1.29 is 13.6 Å². The minimum absolute atomic E-state index is 0.0574. The Morgan fingerprint density at radius 1 is 1.33 bits per heavy atom. The molecule has 1 atom stereocenters. The fourth-order valence-corrected chi connectivity index (χ4v) is 2.07. The summed E-state index contributed by atoms with van der Waals surface area (Å²) < 4.78 is 27.0. The van der Waals surface area contributed by atoms with Crippen molar-refractivity contribution in [2.45, 2.75) is 32.2 Å². The summed E-state index contributed by atoms with van der Waals surface area (Å²) in [5, 5.41) is 5.66. The van der Waals surface area contributed by atoms with Crippen LogP contribution < -0.4 is 10.6 Å². The number of carbonyl (C=O) groups excluding carboxylic acids is 1. The highest BCUT2D eigenvalue weighted by Gasteiger charge is 2.18. The van der Waals surface area contributed by atoms with Crippen molar-refractivity contribution >= 4 is 11.6 Å². The van der Waals surface area contributed by atoms with Gasteiger partial charge in [-0.3, -0.25) is 4.79 Å². The van der Waals surface area contributed by atoms with Crippen LogP contribution >= 0.6 is 0 Å². The topological polar surface area (TPSA) is 41.1 Å². The Morgan fingerprint density at radius 2 is 2.11 bits per heavy atom. The summed E-state index contributed by atoms with van der Waals surface area (Å²) in [6, 6.07) is 2.16. The Hall–Kier alpha value is -1.65. The first kappa shape index (κ1) is 12.8. The maximum absolute atomic E-state index is 13.7. The molecule has 0 bridgehead atoms. The van der Waals surface area contributed by atoms with Crippen LogP contribution in [0.15, 0.2) is 12.1 Å². The molecule has 2 N–H and O–H groups in total. The Balaban J connectivity index is 2.13. The molecule has 0 spiro atoms. The SMILES string of the molecule is Cc1cc(F)c(NC2CCCNC(=O)C2)cc1F. The van der Waals surface area contributed by atoms with Gasteiger partial charge in [-0.1, -0.05) is 0 Å². The lowest BCUT2D eigenvalue weighted by Crippen LogP contribution is -2.27. The van der Waals surface area contributed by atoms with Gasteiger partial charge < -0.3 is 10.6 Å². The largest absolute Gasteiger partial charge is 0.379 e. The number of carbonyl (C=O) groups is 1. The molecule has 1 heterocycles. The van der Waals surface area contributed by atoms with Gasteiger partial charge >= 0.3 is 0 Å². The molecule has 0 saturated carbocycles. The first-order valence-electron chi connectivity index (χ1n) is 6.05. The van der Waals surface area contributed by atoms with Crippen molar-refractivity contribution in [1.29, 1.82) is 0 Å². The fourth-order valence-electron chi connectivity index (χ4n) is 2.07. The van der Waals surface area contributed by atoms with Gasteiger partial charge in [-0.2, -0.15) is 0 Å². The molecule has 5 heteroatoms. The molecule has 1 fully saturated rings. The Labute approximate surface area is 105 Å². The van der Waals surface area contributed by atoms with E-state index in [1.165, 1.54) is 6.92 Å². The third-order valence-corrected chi connectivity index (χ3v) is 3.09. The zero-order valence-electron chi connectivity index (χ0n) is 10.2. The average molecular weight is 254 g/mol. The summed E-state index contributed by atoms with van der Waals surface area (Å²) in [5.41, 5.74) is 0.398. The van der Waals surface area contributed by atoms with Gasteiger partial charge in [0, 0.05) is 25.1 Å². The molecule has 1 amide bonds. The van der Waals surface area contributed by atoms with Gasteiger partial charge in [0.15, 0.2) is 0 Å². The van der Waals surface area contributed by atoms with Crippen LogP contribution in [-0.2, 0) is 4.79 Å². The molecular formula is C13H16F2N2O. The summed E-state index contributed by atoms with van der Waals surface area (Å²) in [7, 11) is 0. The van der Waals surface area contributed by atoms with Gasteiger partial charge in [0.2, 0.25) is 5.91 Å². The minimum atomic E-state index is -0.487. The van der Waals surface area contributed by atoms with Crippen molar-refractivity contribution in [2.75, 3.05) is 11.9 Å². The van der Waals surface area contributed by atoms with Crippen molar-refractivity contribution in [1.82, 2.24) is 5.32 Å². The molecule has 2 rings (SSSR count). The van der Waals surface area contributed by atoms with Crippen LogP contribution in [0.3, 0.4) is 0 Å². The number of anilines is 1. The molecule has 1 aromatic carbocycles. The van der Waals surface area contributed by atoms with E-state index in [9.17, 15) is 13.6 Å². The summed E-state index contributed by atoms with van der Waals surface area (Å²) in [6.45, 7) is 2.16. The van der Waals surface area contributed by atoms with Crippen LogP contribution in [0.4, 0.5) is 14.5 Å². The molecular weight excluding hydrogens is 238 g/mol. The normalized spacial score (nSPS) is 20.2. The second-order valence-corrected chi connectivity index (χ2v) is 4.62. The van der Waals surface area contributed by atoms with Crippen LogP contribution in [0.2, 0.25) is 0 Å². The third-order valence-electron chi connectivity index (χ3n) is 3.09. The molecule has 0 aliphatic carbocycles. The Bertz CT molecular complexity index is 463. The molecule has 1 unspecified atom stereocenters. The zero-order valence-corrected chi connectivity index (χ0v) is 10.2. The lowest BCUT2D eigenvalue weighted by Gasteiger charge is -2.17. The molecule has 3 nitrogen and oxygen atoms in total. The van der Waals surface area contributed by atoms with Crippen LogP contribution in [0.1, 0.15) is 24.8 Å². The summed E-state index contributed by atoms with van der Waals surface area (Å²) >= 11 is 0. The fraction of sp³-hybridized carbons (Fsp3) is 0.462. The maximum Gasteiger partial charge on any atom is 0.222 e. The quantitative estimate of drug-likeness (QED) is 0.850. The zero-order chi connectivity index (χ0) is 13.1. The number of amides is 1. The van der Waals surface area contributed by atoms with Crippen molar-refractivity contribution in [3.05, 3.63) is 29.3 Å². The smallest absolute Gasteiger partial charge is 0.222 e. The number of rotatable bonds is 2. The average Bonchev–Trinajstić information content (AvgIpc) is 2.50. The summed E-state index contributed by atoms with van der Waals surface area (Å²) in [4.78, 5) is 11.4.